The van der Waals surface area contributed by atoms with E-state index in [1.165, 1.54) is 11.3 Å². The van der Waals surface area contributed by atoms with E-state index in [1.54, 1.807) is 16.2 Å². The van der Waals surface area contributed by atoms with E-state index < -0.39 is 0 Å². The van der Waals surface area contributed by atoms with Gasteiger partial charge in [-0.15, -0.1) is 11.3 Å². The summed E-state index contributed by atoms with van der Waals surface area (Å²) in [5.41, 5.74) is 3.00. The molecule has 3 aromatic heterocycles. The lowest BCUT2D eigenvalue weighted by molar-refractivity contribution is -0.133. The Morgan fingerprint density at radius 1 is 1.24 bits per heavy atom. The largest absolute Gasteiger partial charge is 0.349 e. The number of aryl methyl sites for hydroxylation is 1. The Morgan fingerprint density at radius 2 is 2.00 bits per heavy atom. The molecule has 1 unspecified atom stereocenters. The second-order valence-corrected chi connectivity index (χ2v) is 11.8. The molecule has 1 N–H and O–H groups in total. The molecule has 4 heterocycles. The van der Waals surface area contributed by atoms with Gasteiger partial charge in [-0.05, 0) is 56.9 Å². The van der Waals surface area contributed by atoms with Crippen molar-refractivity contribution in [3.63, 3.8) is 0 Å². The number of nitrogens with one attached hydrogen (secondary N) is 1. The Balaban J connectivity index is 1.32. The molecule has 1 fully saturated rings. The highest BCUT2D eigenvalue weighted by Gasteiger charge is 2.27. The molecule has 0 radical (unpaired) electrons. The van der Waals surface area contributed by atoms with Crippen molar-refractivity contribution in [3.05, 3.63) is 64.5 Å². The van der Waals surface area contributed by atoms with Crippen LogP contribution in [-0.2, 0) is 4.79 Å². The maximum absolute atomic E-state index is 12.9. The Hall–Kier alpha value is -3.04. The summed E-state index contributed by atoms with van der Waals surface area (Å²) >= 11 is 3.03. The topological polar surface area (TPSA) is 78.4 Å². The molecule has 0 aliphatic carbocycles. The molecule has 7 nitrogen and oxygen atoms in total. The van der Waals surface area contributed by atoms with Crippen molar-refractivity contribution in [2.45, 2.75) is 46.0 Å². The van der Waals surface area contributed by atoms with Gasteiger partial charge in [0, 0.05) is 56.6 Å². The van der Waals surface area contributed by atoms with Gasteiger partial charge in [-0.25, -0.2) is 4.98 Å². The monoisotopic (exact) mass is 537 g/mol. The molecule has 0 bridgehead atoms. The molecule has 1 aliphatic heterocycles. The van der Waals surface area contributed by atoms with Crippen LogP contribution in [0, 0.1) is 12.8 Å². The van der Waals surface area contributed by atoms with Crippen molar-refractivity contribution in [3.8, 4) is 0 Å². The molecular weight excluding hydrogens is 502 g/mol. The molecule has 37 heavy (non-hydrogen) atoms. The van der Waals surface area contributed by atoms with Crippen molar-refractivity contribution in [2.75, 3.05) is 32.1 Å². The number of carbonyl (C=O) groups excluding carboxylic acids is 2. The third-order valence-corrected chi connectivity index (χ3v) is 8.87. The van der Waals surface area contributed by atoms with Crippen LogP contribution in [0.25, 0.3) is 9.53 Å². The van der Waals surface area contributed by atoms with Crippen molar-refractivity contribution in [1.82, 2.24) is 20.2 Å². The quantitative estimate of drug-likeness (QED) is 0.370. The lowest BCUT2D eigenvalue weighted by atomic mass is 9.96. The number of piperidine rings is 1. The number of thiophene rings is 1. The minimum atomic E-state index is -0.120. The lowest BCUT2D eigenvalue weighted by Gasteiger charge is -2.32. The third-order valence-electron chi connectivity index (χ3n) is 6.65. The lowest BCUT2D eigenvalue weighted by Crippen LogP contribution is -2.40. The van der Waals surface area contributed by atoms with Gasteiger partial charge < -0.3 is 15.1 Å². The predicted molar refractivity (Wildman–Crippen MR) is 153 cm³/mol. The number of amides is 2. The number of allylic oxidation sites excluding steroid dienone is 3. The van der Waals surface area contributed by atoms with Crippen LogP contribution in [0.2, 0.25) is 0 Å². The average molecular weight is 538 g/mol. The third kappa shape index (κ3) is 6.64. The van der Waals surface area contributed by atoms with E-state index in [4.69, 9.17) is 4.98 Å². The van der Waals surface area contributed by atoms with Gasteiger partial charge in [-0.2, -0.15) is 0 Å². The first-order chi connectivity index (χ1) is 17.7. The fourth-order valence-electron chi connectivity index (χ4n) is 4.35. The normalized spacial score (nSPS) is 15.9. The average Bonchev–Trinajstić information content (AvgIpc) is 3.48. The highest BCUT2D eigenvalue weighted by atomic mass is 32.1. The van der Waals surface area contributed by atoms with E-state index >= 15 is 0 Å². The molecule has 1 atom stereocenters. The van der Waals surface area contributed by atoms with Crippen LogP contribution in [0.1, 0.15) is 60.0 Å². The van der Waals surface area contributed by atoms with Gasteiger partial charge in [0.05, 0.1) is 9.58 Å². The van der Waals surface area contributed by atoms with E-state index in [9.17, 15) is 9.59 Å². The minimum Gasteiger partial charge on any atom is -0.349 e. The van der Waals surface area contributed by atoms with Crippen molar-refractivity contribution >= 4 is 49.1 Å². The molecule has 0 saturated carbocycles. The van der Waals surface area contributed by atoms with Crippen LogP contribution in [0.4, 0.5) is 5.13 Å². The van der Waals surface area contributed by atoms with Gasteiger partial charge in [0.15, 0.2) is 5.13 Å². The standard InChI is InChI=1S/C28H35N5O2S2/c1-6-21(9-7-8-19(3)22-11-10-18(2)17-29-22)30-25(34)23-16-24-26(36-23)31-28(37-24)33-14-12-20(13-15-33)27(35)32(4)5/h6-7,9-11,16-17,19-20H,8,12-15H2,1-5H3,(H,30,34)/b9-7-,21-6+. The second-order valence-electron chi connectivity index (χ2n) is 9.77. The number of fused-ring (bicyclic) bond motifs is 1. The smallest absolute Gasteiger partial charge is 0.265 e. The minimum absolute atomic E-state index is 0.0972. The van der Waals surface area contributed by atoms with E-state index in [2.05, 4.69) is 40.3 Å². The number of aromatic nitrogens is 2. The summed E-state index contributed by atoms with van der Waals surface area (Å²) in [6.45, 7) is 7.76. The number of pyridine rings is 1. The zero-order valence-corrected chi connectivity index (χ0v) is 23.8. The molecule has 1 aliphatic rings. The first-order valence-electron chi connectivity index (χ1n) is 12.7. The number of nitrogens with zero attached hydrogens (tertiary/aromatic N) is 4. The molecule has 9 heteroatoms. The zero-order valence-electron chi connectivity index (χ0n) is 22.2. The summed E-state index contributed by atoms with van der Waals surface area (Å²) < 4.78 is 1.02. The maximum Gasteiger partial charge on any atom is 0.265 e. The number of thiazole rings is 1. The van der Waals surface area contributed by atoms with E-state index in [1.807, 2.05) is 52.4 Å². The summed E-state index contributed by atoms with van der Waals surface area (Å²) in [5, 5.41) is 3.99. The number of anilines is 1. The SMILES string of the molecule is C/C=C(\C=C/CC(C)c1ccc(C)cn1)NC(=O)c1cc2sc(N3CCC(C(=O)N(C)C)CC3)nc2s1. The van der Waals surface area contributed by atoms with Crippen molar-refractivity contribution in [1.29, 1.82) is 0 Å². The molecule has 0 spiro atoms. The van der Waals surface area contributed by atoms with Gasteiger partial charge in [-0.1, -0.05) is 36.5 Å². The first-order valence-corrected chi connectivity index (χ1v) is 14.3. The van der Waals surface area contributed by atoms with Gasteiger partial charge in [0.2, 0.25) is 5.91 Å². The summed E-state index contributed by atoms with van der Waals surface area (Å²) in [6, 6.07) is 6.09. The fourth-order valence-corrected chi connectivity index (χ4v) is 6.51. The molecule has 0 aromatic carbocycles. The van der Waals surface area contributed by atoms with Crippen molar-refractivity contribution in [2.24, 2.45) is 5.92 Å². The first kappa shape index (κ1) is 27.0. The van der Waals surface area contributed by atoms with Crippen LogP contribution < -0.4 is 10.2 Å². The molecule has 3 aromatic rings. The van der Waals surface area contributed by atoms with Gasteiger partial charge >= 0.3 is 0 Å². The predicted octanol–water partition coefficient (Wildman–Crippen LogP) is 5.75. The molecule has 1 saturated heterocycles. The Morgan fingerprint density at radius 3 is 2.62 bits per heavy atom. The Bertz CT molecular complexity index is 1270. The Labute approximate surface area is 226 Å². The van der Waals surface area contributed by atoms with Crippen LogP contribution >= 0.6 is 22.7 Å². The molecule has 196 valence electrons. The molecule has 2 amide bonds. The molecular formula is C28H35N5O2S2. The number of rotatable bonds is 8. The fraction of sp³-hybridized carbons (Fsp3) is 0.429. The summed E-state index contributed by atoms with van der Waals surface area (Å²) in [5.74, 6) is 0.489. The van der Waals surface area contributed by atoms with Crippen molar-refractivity contribution < 1.29 is 9.59 Å². The van der Waals surface area contributed by atoms with E-state index in [0.717, 1.165) is 64.0 Å². The van der Waals surface area contributed by atoms with Crippen LogP contribution in [0.15, 0.2) is 48.3 Å². The zero-order chi connectivity index (χ0) is 26.5. The summed E-state index contributed by atoms with van der Waals surface area (Å²) in [4.78, 5) is 40.0. The Kier molecular flexibility index (Phi) is 8.76. The van der Waals surface area contributed by atoms with E-state index in [-0.39, 0.29) is 17.7 Å². The summed E-state index contributed by atoms with van der Waals surface area (Å²) in [6.07, 6.45) is 10.4. The summed E-state index contributed by atoms with van der Waals surface area (Å²) in [7, 11) is 3.63. The number of hydrogen-bond donors (Lipinski definition) is 1. The van der Waals surface area contributed by atoms with Crippen LogP contribution in [0.3, 0.4) is 0 Å². The van der Waals surface area contributed by atoms with E-state index in [0.29, 0.717) is 10.8 Å². The number of hydrogen-bond acceptors (Lipinski definition) is 7. The van der Waals surface area contributed by atoms with Gasteiger partial charge in [0.25, 0.3) is 5.91 Å². The highest BCUT2D eigenvalue weighted by Crippen LogP contribution is 2.36. The van der Waals surface area contributed by atoms with Gasteiger partial charge in [0.1, 0.15) is 4.83 Å². The second kappa shape index (κ2) is 12.0. The highest BCUT2D eigenvalue weighted by molar-refractivity contribution is 7.29. The number of carbonyl (C=O) groups is 2. The molecule has 4 rings (SSSR count). The van der Waals surface area contributed by atoms with Gasteiger partial charge in [-0.3, -0.25) is 14.6 Å². The van der Waals surface area contributed by atoms with Crippen LogP contribution in [-0.4, -0.2) is 53.9 Å². The van der Waals surface area contributed by atoms with Crippen LogP contribution in [0.5, 0.6) is 0 Å². The maximum atomic E-state index is 12.9.